The fraction of sp³-hybridized carbons (Fsp3) is 0.308. The molecule has 2 aromatic heterocycles. The summed E-state index contributed by atoms with van der Waals surface area (Å²) in [5.41, 5.74) is 20.6. The third kappa shape index (κ3) is 3.90. The molecule has 2 aliphatic carbocycles. The van der Waals surface area contributed by atoms with Gasteiger partial charge in [-0.15, -0.1) is 15.3 Å². The number of hydrogen-bond donors (Lipinski definition) is 3. The molecule has 0 amide bonds. The summed E-state index contributed by atoms with van der Waals surface area (Å²) in [6.45, 7) is 0. The minimum absolute atomic E-state index is 0.270. The Morgan fingerprint density at radius 2 is 1.68 bits per heavy atom. The van der Waals surface area contributed by atoms with Gasteiger partial charge in [-0.05, 0) is 85.4 Å². The predicted molar refractivity (Wildman–Crippen MR) is 133 cm³/mol. The summed E-state index contributed by atoms with van der Waals surface area (Å²) in [7, 11) is 0. The Bertz CT molecular complexity index is 1360. The lowest BCUT2D eigenvalue weighted by molar-refractivity contribution is 0.589. The Hall–Kier alpha value is -3.78. The van der Waals surface area contributed by atoms with Gasteiger partial charge in [-0.2, -0.15) is 9.67 Å². The van der Waals surface area contributed by atoms with Crippen molar-refractivity contribution in [2.45, 2.75) is 51.0 Å². The first-order valence-electron chi connectivity index (χ1n) is 12.0. The van der Waals surface area contributed by atoms with Crippen LogP contribution in [0.25, 0.3) is 17.1 Å². The molecule has 2 aliphatic rings. The summed E-state index contributed by atoms with van der Waals surface area (Å²) in [5.74, 6) is 1.28. The molecule has 0 fully saturated rings. The summed E-state index contributed by atoms with van der Waals surface area (Å²) < 4.78 is 1.55. The minimum Gasteiger partial charge on any atom is -0.368 e. The van der Waals surface area contributed by atoms with Gasteiger partial charge in [0.05, 0.1) is 5.69 Å². The molecular weight excluding hydrogens is 424 g/mol. The minimum atomic E-state index is 0.270. The van der Waals surface area contributed by atoms with Crippen molar-refractivity contribution in [3.63, 3.8) is 0 Å². The average Bonchev–Trinajstić information content (AvgIpc) is 3.00. The number of fused-ring (bicyclic) bond motifs is 4. The van der Waals surface area contributed by atoms with E-state index in [4.69, 9.17) is 11.5 Å². The molecule has 6 rings (SSSR count). The van der Waals surface area contributed by atoms with Crippen LogP contribution in [-0.2, 0) is 25.7 Å². The molecule has 8 heteroatoms. The topological polar surface area (TPSA) is 121 Å². The molecule has 0 bridgehead atoms. The van der Waals surface area contributed by atoms with Gasteiger partial charge in [0.1, 0.15) is 0 Å². The van der Waals surface area contributed by atoms with Crippen LogP contribution in [0.3, 0.4) is 0 Å². The van der Waals surface area contributed by atoms with Crippen molar-refractivity contribution in [3.05, 3.63) is 70.8 Å². The molecule has 1 atom stereocenters. The molecule has 0 saturated carbocycles. The van der Waals surface area contributed by atoms with Crippen LogP contribution in [0, 0.1) is 0 Å². The highest BCUT2D eigenvalue weighted by Gasteiger charge is 2.19. The van der Waals surface area contributed by atoms with Crippen LogP contribution < -0.4 is 16.8 Å². The van der Waals surface area contributed by atoms with E-state index in [0.29, 0.717) is 11.8 Å². The standard InChI is InChI=1S/C26H28N8/c27-20-11-8-16-10-13-21(14-18(16)9-12-20)29-26-30-25(28)34(33-26)23-15-19-6-3-5-17-4-1-2-7-22(17)24(19)32-31-23/h1-2,4,7,10,13-15,20H,3,5-6,8-9,11-12,27H2,(H3,28,29,30,33). The molecule has 0 aliphatic heterocycles. The highest BCUT2D eigenvalue weighted by Crippen LogP contribution is 2.31. The highest BCUT2D eigenvalue weighted by molar-refractivity contribution is 5.68. The maximum atomic E-state index is 6.23. The Kier molecular flexibility index (Phi) is 5.22. The van der Waals surface area contributed by atoms with Crippen LogP contribution in [0.15, 0.2) is 48.5 Å². The Balaban J connectivity index is 1.28. The SMILES string of the molecule is Nc1nc(Nc2ccc3c(c2)CCC(N)CC3)nn1-c1cc2c(nn1)-c1ccccc1CCC2. The van der Waals surface area contributed by atoms with E-state index in [2.05, 4.69) is 62.0 Å². The Labute approximate surface area is 198 Å². The van der Waals surface area contributed by atoms with Gasteiger partial charge < -0.3 is 16.8 Å². The first-order chi connectivity index (χ1) is 16.6. The van der Waals surface area contributed by atoms with E-state index in [0.717, 1.165) is 67.5 Å². The highest BCUT2D eigenvalue weighted by atomic mass is 15.4. The van der Waals surface area contributed by atoms with Crippen molar-refractivity contribution in [1.82, 2.24) is 25.0 Å². The van der Waals surface area contributed by atoms with Crippen LogP contribution >= 0.6 is 0 Å². The number of hydrogen-bond acceptors (Lipinski definition) is 7. The van der Waals surface area contributed by atoms with Gasteiger partial charge in [0, 0.05) is 17.3 Å². The molecule has 2 heterocycles. The fourth-order valence-electron chi connectivity index (χ4n) is 5.06. The van der Waals surface area contributed by atoms with E-state index >= 15 is 0 Å². The number of nitrogens with zero attached hydrogens (tertiary/aromatic N) is 5. The number of nitrogens with two attached hydrogens (primary N) is 2. The van der Waals surface area contributed by atoms with Crippen molar-refractivity contribution in [1.29, 1.82) is 0 Å². The van der Waals surface area contributed by atoms with Gasteiger partial charge in [-0.3, -0.25) is 0 Å². The quantitative estimate of drug-likeness (QED) is 0.405. The summed E-state index contributed by atoms with van der Waals surface area (Å²) in [6, 6.07) is 17.1. The number of rotatable bonds is 3. The van der Waals surface area contributed by atoms with Gasteiger partial charge in [0.2, 0.25) is 11.9 Å². The number of benzene rings is 2. The fourth-order valence-corrected chi connectivity index (χ4v) is 5.06. The molecule has 1 unspecified atom stereocenters. The van der Waals surface area contributed by atoms with E-state index < -0.39 is 0 Å². The van der Waals surface area contributed by atoms with Gasteiger partial charge >= 0.3 is 0 Å². The molecular formula is C26H28N8. The van der Waals surface area contributed by atoms with Gasteiger partial charge in [0.15, 0.2) is 5.82 Å². The van der Waals surface area contributed by atoms with E-state index in [1.54, 1.807) is 4.68 Å². The molecule has 0 radical (unpaired) electrons. The summed E-state index contributed by atoms with van der Waals surface area (Å²) >= 11 is 0. The van der Waals surface area contributed by atoms with Crippen molar-refractivity contribution in [2.24, 2.45) is 5.73 Å². The van der Waals surface area contributed by atoms with Crippen molar-refractivity contribution >= 4 is 17.6 Å². The lowest BCUT2D eigenvalue weighted by Gasteiger charge is -2.09. The predicted octanol–water partition coefficient (Wildman–Crippen LogP) is 3.74. The maximum Gasteiger partial charge on any atom is 0.248 e. The number of aromatic nitrogens is 5. The van der Waals surface area contributed by atoms with Crippen LogP contribution in [0.4, 0.5) is 17.6 Å². The number of nitrogens with one attached hydrogen (secondary N) is 1. The zero-order valence-corrected chi connectivity index (χ0v) is 19.0. The van der Waals surface area contributed by atoms with Crippen LogP contribution in [0.1, 0.15) is 41.5 Å². The zero-order chi connectivity index (χ0) is 23.1. The van der Waals surface area contributed by atoms with E-state index in [9.17, 15) is 0 Å². The van der Waals surface area contributed by atoms with E-state index in [-0.39, 0.29) is 12.0 Å². The lowest BCUT2D eigenvalue weighted by Crippen LogP contribution is -2.19. The van der Waals surface area contributed by atoms with Crippen molar-refractivity contribution in [2.75, 3.05) is 11.1 Å². The van der Waals surface area contributed by atoms with E-state index in [1.807, 2.05) is 12.1 Å². The second-order valence-electron chi connectivity index (χ2n) is 9.24. The average molecular weight is 453 g/mol. The van der Waals surface area contributed by atoms with Crippen LogP contribution in [-0.4, -0.2) is 31.0 Å². The Morgan fingerprint density at radius 3 is 2.59 bits per heavy atom. The molecule has 5 N–H and O–H groups in total. The van der Waals surface area contributed by atoms with Crippen LogP contribution in [0.2, 0.25) is 0 Å². The number of nitrogen functional groups attached to an aromatic ring is 1. The molecule has 8 nitrogen and oxygen atoms in total. The number of anilines is 3. The maximum absolute atomic E-state index is 6.23. The molecule has 172 valence electrons. The first-order valence-corrected chi connectivity index (χ1v) is 12.0. The Morgan fingerprint density at radius 1 is 0.853 bits per heavy atom. The lowest BCUT2D eigenvalue weighted by atomic mass is 10.0. The molecule has 0 spiro atoms. The smallest absolute Gasteiger partial charge is 0.248 e. The summed E-state index contributed by atoms with van der Waals surface area (Å²) in [4.78, 5) is 4.42. The summed E-state index contributed by atoms with van der Waals surface area (Å²) in [5, 5.41) is 16.9. The van der Waals surface area contributed by atoms with Crippen LogP contribution in [0.5, 0.6) is 0 Å². The third-order valence-corrected chi connectivity index (χ3v) is 6.91. The second kappa shape index (κ2) is 8.53. The molecule has 2 aromatic carbocycles. The van der Waals surface area contributed by atoms with Crippen molar-refractivity contribution < 1.29 is 0 Å². The largest absolute Gasteiger partial charge is 0.368 e. The second-order valence-corrected chi connectivity index (χ2v) is 9.24. The van der Waals surface area contributed by atoms with Gasteiger partial charge in [-0.1, -0.05) is 30.3 Å². The first kappa shape index (κ1) is 20.8. The third-order valence-electron chi connectivity index (χ3n) is 6.91. The summed E-state index contributed by atoms with van der Waals surface area (Å²) in [6.07, 6.45) is 7.10. The monoisotopic (exact) mass is 452 g/mol. The van der Waals surface area contributed by atoms with Gasteiger partial charge in [0.25, 0.3) is 0 Å². The van der Waals surface area contributed by atoms with Gasteiger partial charge in [-0.25, -0.2) is 0 Å². The normalized spacial score (nSPS) is 17.1. The molecule has 4 aromatic rings. The number of aryl methyl sites for hydroxylation is 4. The van der Waals surface area contributed by atoms with Crippen molar-refractivity contribution in [3.8, 4) is 17.1 Å². The zero-order valence-electron chi connectivity index (χ0n) is 19.0. The molecule has 0 saturated heterocycles. The van der Waals surface area contributed by atoms with E-state index in [1.165, 1.54) is 16.7 Å². The molecule has 34 heavy (non-hydrogen) atoms.